The molecule has 4 nitrogen and oxygen atoms in total. The number of rotatable bonds is 4. The number of furan rings is 1. The highest BCUT2D eigenvalue weighted by Crippen LogP contribution is 2.19. The van der Waals surface area contributed by atoms with Gasteiger partial charge in [0, 0.05) is 17.7 Å². The van der Waals surface area contributed by atoms with Gasteiger partial charge in [0.1, 0.15) is 5.76 Å². The van der Waals surface area contributed by atoms with Crippen molar-refractivity contribution < 1.29 is 14.3 Å². The predicted molar refractivity (Wildman–Crippen MR) is 68.2 cm³/mol. The standard InChI is InChI=1S/C14H15NO3/c1-10(16)9-15-14(17)12-6-4-11(5-7-12)13-3-2-8-18-13/h2-8,10,16H,9H2,1H3,(H,15,17)/t10-/m0/s1. The Kier molecular flexibility index (Phi) is 3.79. The maximum Gasteiger partial charge on any atom is 0.251 e. The molecular weight excluding hydrogens is 230 g/mol. The van der Waals surface area contributed by atoms with Crippen LogP contribution < -0.4 is 5.32 Å². The van der Waals surface area contributed by atoms with Gasteiger partial charge < -0.3 is 14.8 Å². The summed E-state index contributed by atoms with van der Waals surface area (Å²) in [5.74, 6) is 0.577. The highest BCUT2D eigenvalue weighted by Gasteiger charge is 2.07. The van der Waals surface area contributed by atoms with E-state index in [0.717, 1.165) is 11.3 Å². The second-order valence-corrected chi connectivity index (χ2v) is 4.11. The molecule has 0 spiro atoms. The van der Waals surface area contributed by atoms with Crippen LogP contribution in [0.3, 0.4) is 0 Å². The van der Waals surface area contributed by atoms with Crippen LogP contribution in [-0.4, -0.2) is 23.7 Å². The summed E-state index contributed by atoms with van der Waals surface area (Å²) in [6.45, 7) is 1.87. The molecule has 1 aromatic carbocycles. The largest absolute Gasteiger partial charge is 0.464 e. The minimum absolute atomic E-state index is 0.193. The summed E-state index contributed by atoms with van der Waals surface area (Å²) in [6, 6.07) is 10.8. The van der Waals surface area contributed by atoms with Gasteiger partial charge in [-0.15, -0.1) is 0 Å². The van der Waals surface area contributed by atoms with E-state index in [9.17, 15) is 4.79 Å². The molecule has 1 aromatic heterocycles. The van der Waals surface area contributed by atoms with Gasteiger partial charge in [-0.2, -0.15) is 0 Å². The molecule has 0 aliphatic rings. The first-order valence-electron chi connectivity index (χ1n) is 5.77. The fourth-order valence-corrected chi connectivity index (χ4v) is 1.57. The van der Waals surface area contributed by atoms with Crippen molar-refractivity contribution in [2.75, 3.05) is 6.54 Å². The molecule has 2 aromatic rings. The molecule has 0 aliphatic heterocycles. The quantitative estimate of drug-likeness (QED) is 0.866. The third-order valence-corrected chi connectivity index (χ3v) is 2.51. The summed E-state index contributed by atoms with van der Waals surface area (Å²) in [7, 11) is 0. The monoisotopic (exact) mass is 245 g/mol. The molecule has 0 unspecified atom stereocenters. The van der Waals surface area contributed by atoms with Crippen LogP contribution >= 0.6 is 0 Å². The van der Waals surface area contributed by atoms with Crippen molar-refractivity contribution in [2.24, 2.45) is 0 Å². The normalized spacial score (nSPS) is 12.1. The number of aliphatic hydroxyl groups excluding tert-OH is 1. The summed E-state index contributed by atoms with van der Waals surface area (Å²) in [5.41, 5.74) is 1.48. The Bertz CT molecular complexity index is 500. The number of nitrogens with one attached hydrogen (secondary N) is 1. The first-order chi connectivity index (χ1) is 8.66. The summed E-state index contributed by atoms with van der Waals surface area (Å²) >= 11 is 0. The molecular formula is C14H15NO3. The van der Waals surface area contributed by atoms with Gasteiger partial charge in [-0.25, -0.2) is 0 Å². The average molecular weight is 245 g/mol. The Labute approximate surface area is 105 Å². The second-order valence-electron chi connectivity index (χ2n) is 4.11. The predicted octanol–water partition coefficient (Wildman–Crippen LogP) is 2.06. The van der Waals surface area contributed by atoms with Gasteiger partial charge in [-0.3, -0.25) is 4.79 Å². The summed E-state index contributed by atoms with van der Waals surface area (Å²) in [6.07, 6.45) is 1.06. The van der Waals surface area contributed by atoms with E-state index in [4.69, 9.17) is 9.52 Å². The minimum Gasteiger partial charge on any atom is -0.464 e. The average Bonchev–Trinajstić information content (AvgIpc) is 2.90. The molecule has 1 amide bonds. The van der Waals surface area contributed by atoms with Crippen molar-refractivity contribution in [2.45, 2.75) is 13.0 Å². The second kappa shape index (κ2) is 5.51. The molecule has 0 saturated carbocycles. The third-order valence-electron chi connectivity index (χ3n) is 2.51. The third kappa shape index (κ3) is 2.99. The van der Waals surface area contributed by atoms with E-state index >= 15 is 0 Å². The smallest absolute Gasteiger partial charge is 0.251 e. The fourth-order valence-electron chi connectivity index (χ4n) is 1.57. The number of amides is 1. The molecule has 0 bridgehead atoms. The fraction of sp³-hybridized carbons (Fsp3) is 0.214. The van der Waals surface area contributed by atoms with E-state index in [1.165, 1.54) is 0 Å². The molecule has 4 heteroatoms. The zero-order chi connectivity index (χ0) is 13.0. The Hall–Kier alpha value is -2.07. The zero-order valence-corrected chi connectivity index (χ0v) is 10.1. The first-order valence-corrected chi connectivity index (χ1v) is 5.77. The van der Waals surface area contributed by atoms with Crippen molar-refractivity contribution in [1.82, 2.24) is 5.32 Å². The number of carbonyl (C=O) groups excluding carboxylic acids is 1. The van der Waals surface area contributed by atoms with Gasteiger partial charge in [0.05, 0.1) is 12.4 Å². The van der Waals surface area contributed by atoms with E-state index in [2.05, 4.69) is 5.32 Å². The molecule has 0 fully saturated rings. The maximum absolute atomic E-state index is 11.7. The molecule has 2 rings (SSSR count). The molecule has 94 valence electrons. The van der Waals surface area contributed by atoms with Gasteiger partial charge in [0.15, 0.2) is 0 Å². The van der Waals surface area contributed by atoms with Crippen LogP contribution in [0.5, 0.6) is 0 Å². The Balaban J connectivity index is 2.06. The number of benzene rings is 1. The van der Waals surface area contributed by atoms with Crippen molar-refractivity contribution in [1.29, 1.82) is 0 Å². The Morgan fingerprint density at radius 1 is 1.33 bits per heavy atom. The lowest BCUT2D eigenvalue weighted by Gasteiger charge is -2.07. The van der Waals surface area contributed by atoms with Gasteiger partial charge in [0.2, 0.25) is 0 Å². The van der Waals surface area contributed by atoms with E-state index in [1.807, 2.05) is 24.3 Å². The molecule has 18 heavy (non-hydrogen) atoms. The molecule has 0 saturated heterocycles. The first kappa shape index (κ1) is 12.4. The van der Waals surface area contributed by atoms with Crippen molar-refractivity contribution >= 4 is 5.91 Å². The van der Waals surface area contributed by atoms with Gasteiger partial charge in [-0.05, 0) is 31.2 Å². The van der Waals surface area contributed by atoms with E-state index in [0.29, 0.717) is 5.56 Å². The Morgan fingerprint density at radius 2 is 2.06 bits per heavy atom. The van der Waals surface area contributed by atoms with Crippen LogP contribution in [0.1, 0.15) is 17.3 Å². The number of hydrogen-bond acceptors (Lipinski definition) is 3. The molecule has 0 radical (unpaired) electrons. The van der Waals surface area contributed by atoms with E-state index < -0.39 is 6.10 Å². The van der Waals surface area contributed by atoms with Crippen LogP contribution in [0.4, 0.5) is 0 Å². The van der Waals surface area contributed by atoms with E-state index in [1.54, 1.807) is 25.3 Å². The number of aliphatic hydroxyl groups is 1. The van der Waals surface area contributed by atoms with Gasteiger partial charge in [-0.1, -0.05) is 12.1 Å². The molecule has 1 atom stereocenters. The van der Waals surface area contributed by atoms with Crippen molar-refractivity contribution in [3.63, 3.8) is 0 Å². The SMILES string of the molecule is C[C@H](O)CNC(=O)c1ccc(-c2ccco2)cc1. The maximum atomic E-state index is 11.7. The highest BCUT2D eigenvalue weighted by atomic mass is 16.3. The number of carbonyl (C=O) groups is 1. The van der Waals surface area contributed by atoms with Crippen LogP contribution in [-0.2, 0) is 0 Å². The van der Waals surface area contributed by atoms with Crippen LogP contribution in [0.15, 0.2) is 47.1 Å². The zero-order valence-electron chi connectivity index (χ0n) is 10.1. The number of hydrogen-bond donors (Lipinski definition) is 2. The lowest BCUT2D eigenvalue weighted by Crippen LogP contribution is -2.30. The summed E-state index contributed by atoms with van der Waals surface area (Å²) in [4.78, 5) is 11.7. The van der Waals surface area contributed by atoms with Gasteiger partial charge in [0.25, 0.3) is 5.91 Å². The topological polar surface area (TPSA) is 62.5 Å². The minimum atomic E-state index is -0.545. The Morgan fingerprint density at radius 3 is 2.61 bits per heavy atom. The van der Waals surface area contributed by atoms with E-state index in [-0.39, 0.29) is 12.5 Å². The van der Waals surface area contributed by atoms with Crippen LogP contribution in [0.25, 0.3) is 11.3 Å². The lowest BCUT2D eigenvalue weighted by molar-refractivity contribution is 0.0924. The molecule has 1 heterocycles. The van der Waals surface area contributed by atoms with Crippen molar-refractivity contribution in [3.8, 4) is 11.3 Å². The molecule has 2 N–H and O–H groups in total. The van der Waals surface area contributed by atoms with Gasteiger partial charge >= 0.3 is 0 Å². The van der Waals surface area contributed by atoms with Crippen LogP contribution in [0.2, 0.25) is 0 Å². The lowest BCUT2D eigenvalue weighted by atomic mass is 10.1. The van der Waals surface area contributed by atoms with Crippen LogP contribution in [0, 0.1) is 0 Å². The van der Waals surface area contributed by atoms with Crippen molar-refractivity contribution in [3.05, 3.63) is 48.2 Å². The highest BCUT2D eigenvalue weighted by molar-refractivity contribution is 5.94. The summed E-state index contributed by atoms with van der Waals surface area (Å²) < 4.78 is 5.27. The summed E-state index contributed by atoms with van der Waals surface area (Å²) in [5, 5.41) is 11.7. The molecule has 0 aliphatic carbocycles.